The molecule has 0 spiro atoms. The number of hydrogen-bond donors (Lipinski definition) is 2. The van der Waals surface area contributed by atoms with Gasteiger partial charge in [-0.25, -0.2) is 0 Å². The van der Waals surface area contributed by atoms with Crippen LogP contribution in [-0.2, 0) is 0 Å². The van der Waals surface area contributed by atoms with E-state index >= 15 is 0 Å². The van der Waals surface area contributed by atoms with E-state index in [1.54, 1.807) is 0 Å². The average molecular weight is 257 g/mol. The van der Waals surface area contributed by atoms with Crippen molar-refractivity contribution in [1.29, 1.82) is 0 Å². The highest BCUT2D eigenvalue weighted by Gasteiger charge is 2.10. The molecule has 0 aliphatic rings. The second-order valence-corrected chi connectivity index (χ2v) is 3.88. The maximum Gasteiger partial charge on any atom is 0.251 e. The molecule has 0 fully saturated rings. The number of rotatable bonds is 5. The zero-order chi connectivity index (χ0) is 12.0. The molecule has 4 heteroatoms. The number of hydrogen-bond acceptors (Lipinski definition) is 2. The minimum absolute atomic E-state index is 0. The molecule has 96 valence electrons. The summed E-state index contributed by atoms with van der Waals surface area (Å²) in [6.07, 6.45) is 0. The van der Waals surface area contributed by atoms with Gasteiger partial charge in [0.25, 0.3) is 5.91 Å². The summed E-state index contributed by atoms with van der Waals surface area (Å²) in [5, 5.41) is 6.08. The Morgan fingerprint density at radius 2 is 1.76 bits per heavy atom. The number of carbonyl (C=O) groups is 1. The Morgan fingerprint density at radius 1 is 1.18 bits per heavy atom. The number of nitrogens with one attached hydrogen (secondary N) is 2. The number of amides is 1. The smallest absolute Gasteiger partial charge is 0.251 e. The first-order valence-electron chi connectivity index (χ1n) is 5.72. The average Bonchev–Trinajstić information content (AvgIpc) is 2.24. The van der Waals surface area contributed by atoms with Crippen LogP contribution in [0.1, 0.15) is 28.4 Å². The molecule has 1 rings (SSSR count). The molecule has 0 heterocycles. The van der Waals surface area contributed by atoms with Crippen LogP contribution >= 0.6 is 12.4 Å². The molecule has 0 saturated heterocycles. The first-order chi connectivity index (χ1) is 7.66. The van der Waals surface area contributed by atoms with E-state index in [2.05, 4.69) is 10.6 Å². The molecule has 0 atom stereocenters. The van der Waals surface area contributed by atoms with Crippen LogP contribution in [-0.4, -0.2) is 25.5 Å². The molecule has 1 amide bonds. The summed E-state index contributed by atoms with van der Waals surface area (Å²) in [4.78, 5) is 11.9. The number of aryl methyl sites for hydroxylation is 2. The van der Waals surface area contributed by atoms with Crippen molar-refractivity contribution >= 4 is 18.3 Å². The summed E-state index contributed by atoms with van der Waals surface area (Å²) in [6, 6.07) is 5.90. The van der Waals surface area contributed by atoms with Gasteiger partial charge in [0.05, 0.1) is 0 Å². The van der Waals surface area contributed by atoms with E-state index in [4.69, 9.17) is 0 Å². The standard InChI is InChI=1S/C13H20N2O.ClH/c1-4-14-8-9-15-13(16)12-10(2)6-5-7-11(12)3;/h5-7,14H,4,8-9H2,1-3H3,(H,15,16);1H. The number of carbonyl (C=O) groups excluding carboxylic acids is 1. The van der Waals surface area contributed by atoms with Crippen LogP contribution in [0.5, 0.6) is 0 Å². The maximum absolute atomic E-state index is 11.9. The van der Waals surface area contributed by atoms with Gasteiger partial charge >= 0.3 is 0 Å². The number of benzene rings is 1. The van der Waals surface area contributed by atoms with Gasteiger partial charge in [0, 0.05) is 18.7 Å². The molecule has 0 aromatic heterocycles. The topological polar surface area (TPSA) is 41.1 Å². The van der Waals surface area contributed by atoms with Crippen molar-refractivity contribution in [2.45, 2.75) is 20.8 Å². The predicted octanol–water partition coefficient (Wildman–Crippen LogP) is 2.06. The van der Waals surface area contributed by atoms with Crippen LogP contribution in [0, 0.1) is 13.8 Å². The molecular weight excluding hydrogens is 236 g/mol. The Hall–Kier alpha value is -1.06. The third kappa shape index (κ3) is 4.75. The molecule has 3 nitrogen and oxygen atoms in total. The number of halogens is 1. The zero-order valence-corrected chi connectivity index (χ0v) is 11.5. The lowest BCUT2D eigenvalue weighted by Gasteiger charge is -2.10. The summed E-state index contributed by atoms with van der Waals surface area (Å²) in [5.41, 5.74) is 2.86. The molecule has 17 heavy (non-hydrogen) atoms. The highest BCUT2D eigenvalue weighted by molar-refractivity contribution is 5.97. The van der Waals surface area contributed by atoms with Crippen LogP contribution in [0.3, 0.4) is 0 Å². The van der Waals surface area contributed by atoms with Crippen LogP contribution in [0.4, 0.5) is 0 Å². The SMILES string of the molecule is CCNCCNC(=O)c1c(C)cccc1C.Cl. The van der Waals surface area contributed by atoms with Crippen LogP contribution in [0.15, 0.2) is 18.2 Å². The van der Waals surface area contributed by atoms with Crippen molar-refractivity contribution in [3.63, 3.8) is 0 Å². The fourth-order valence-corrected chi connectivity index (χ4v) is 1.70. The predicted molar refractivity (Wildman–Crippen MR) is 74.0 cm³/mol. The fraction of sp³-hybridized carbons (Fsp3) is 0.462. The first kappa shape index (κ1) is 15.9. The van der Waals surface area contributed by atoms with Crippen molar-refractivity contribution in [2.24, 2.45) is 0 Å². The van der Waals surface area contributed by atoms with E-state index in [1.807, 2.05) is 39.0 Å². The van der Waals surface area contributed by atoms with Gasteiger partial charge in [0.2, 0.25) is 0 Å². The normalized spacial score (nSPS) is 9.59. The molecular formula is C13H21ClN2O. The van der Waals surface area contributed by atoms with Crippen molar-refractivity contribution in [1.82, 2.24) is 10.6 Å². The highest BCUT2D eigenvalue weighted by Crippen LogP contribution is 2.12. The molecule has 0 unspecified atom stereocenters. The van der Waals surface area contributed by atoms with E-state index in [0.29, 0.717) is 6.54 Å². The molecule has 0 aliphatic heterocycles. The first-order valence-corrected chi connectivity index (χ1v) is 5.72. The molecule has 0 bridgehead atoms. The largest absolute Gasteiger partial charge is 0.351 e. The highest BCUT2D eigenvalue weighted by atomic mass is 35.5. The van der Waals surface area contributed by atoms with Gasteiger partial charge in [0.1, 0.15) is 0 Å². The molecule has 0 saturated carbocycles. The zero-order valence-electron chi connectivity index (χ0n) is 10.7. The van der Waals surface area contributed by atoms with Crippen molar-refractivity contribution < 1.29 is 4.79 Å². The third-order valence-electron chi connectivity index (χ3n) is 2.55. The molecule has 0 aliphatic carbocycles. The minimum atomic E-state index is 0. The van der Waals surface area contributed by atoms with E-state index in [9.17, 15) is 4.79 Å². The molecule has 0 radical (unpaired) electrons. The lowest BCUT2D eigenvalue weighted by Crippen LogP contribution is -2.32. The fourth-order valence-electron chi connectivity index (χ4n) is 1.70. The second-order valence-electron chi connectivity index (χ2n) is 3.88. The number of likely N-dealkylation sites (N-methyl/N-ethyl adjacent to an activating group) is 1. The Bertz CT molecular complexity index is 346. The third-order valence-corrected chi connectivity index (χ3v) is 2.55. The van der Waals surface area contributed by atoms with Crippen molar-refractivity contribution in [3.8, 4) is 0 Å². The summed E-state index contributed by atoms with van der Waals surface area (Å²) in [7, 11) is 0. The second kappa shape index (κ2) is 8.09. The minimum Gasteiger partial charge on any atom is -0.351 e. The van der Waals surface area contributed by atoms with Crippen molar-refractivity contribution in [3.05, 3.63) is 34.9 Å². The van der Waals surface area contributed by atoms with Gasteiger partial charge in [-0.1, -0.05) is 25.1 Å². The van der Waals surface area contributed by atoms with E-state index in [0.717, 1.165) is 29.8 Å². The lowest BCUT2D eigenvalue weighted by molar-refractivity contribution is 0.0953. The Balaban J connectivity index is 0.00000256. The van der Waals surface area contributed by atoms with E-state index in [1.165, 1.54) is 0 Å². The summed E-state index contributed by atoms with van der Waals surface area (Å²) < 4.78 is 0. The summed E-state index contributed by atoms with van der Waals surface area (Å²) >= 11 is 0. The monoisotopic (exact) mass is 256 g/mol. The van der Waals surface area contributed by atoms with Gasteiger partial charge < -0.3 is 10.6 Å². The van der Waals surface area contributed by atoms with Gasteiger partial charge in [-0.05, 0) is 31.5 Å². The Labute approximate surface area is 109 Å². The van der Waals surface area contributed by atoms with E-state index < -0.39 is 0 Å². The maximum atomic E-state index is 11.9. The molecule has 1 aromatic rings. The van der Waals surface area contributed by atoms with Gasteiger partial charge in [-0.2, -0.15) is 0 Å². The Morgan fingerprint density at radius 3 is 2.29 bits per heavy atom. The van der Waals surface area contributed by atoms with Gasteiger partial charge in [0.15, 0.2) is 0 Å². The summed E-state index contributed by atoms with van der Waals surface area (Å²) in [6.45, 7) is 8.39. The molecule has 1 aromatic carbocycles. The lowest BCUT2D eigenvalue weighted by atomic mass is 10.0. The molecule has 2 N–H and O–H groups in total. The van der Waals surface area contributed by atoms with Crippen LogP contribution in [0.25, 0.3) is 0 Å². The van der Waals surface area contributed by atoms with E-state index in [-0.39, 0.29) is 18.3 Å². The van der Waals surface area contributed by atoms with Crippen LogP contribution < -0.4 is 10.6 Å². The van der Waals surface area contributed by atoms with Gasteiger partial charge in [-0.3, -0.25) is 4.79 Å². The summed E-state index contributed by atoms with van der Waals surface area (Å²) in [5.74, 6) is 0.0218. The Kier molecular flexibility index (Phi) is 7.59. The van der Waals surface area contributed by atoms with Crippen LogP contribution in [0.2, 0.25) is 0 Å². The van der Waals surface area contributed by atoms with Gasteiger partial charge in [-0.15, -0.1) is 12.4 Å². The quantitative estimate of drug-likeness (QED) is 0.792. The van der Waals surface area contributed by atoms with Crippen molar-refractivity contribution in [2.75, 3.05) is 19.6 Å².